The van der Waals surface area contributed by atoms with Crippen molar-refractivity contribution in [2.75, 3.05) is 19.8 Å². The first-order valence-electron chi connectivity index (χ1n) is 9.96. The van der Waals surface area contributed by atoms with Crippen LogP contribution in [0.3, 0.4) is 0 Å². The lowest BCUT2D eigenvalue weighted by atomic mass is 10.1. The van der Waals surface area contributed by atoms with Crippen LogP contribution in [0.2, 0.25) is 0 Å². The van der Waals surface area contributed by atoms with E-state index in [1.165, 1.54) is 5.56 Å². The Morgan fingerprint density at radius 3 is 2.55 bits per heavy atom. The highest BCUT2D eigenvalue weighted by Gasteiger charge is 2.10. The standard InChI is InChI=1S/C24H27N3O2/c1-2-29-17-9-16-25-23(28)15-14-22-19-27(18-20-10-5-3-6-11-20)26-24(22)21-12-7-4-8-13-21/h3-8,10-15,19H,2,9,16-18H2,1H3,(H,25,28)/b15-14+. The molecule has 1 amide bonds. The van der Waals surface area contributed by atoms with E-state index in [0.717, 1.165) is 23.2 Å². The number of hydrogen-bond acceptors (Lipinski definition) is 3. The van der Waals surface area contributed by atoms with E-state index in [9.17, 15) is 4.79 Å². The Hall–Kier alpha value is -3.18. The van der Waals surface area contributed by atoms with Crippen LogP contribution in [-0.4, -0.2) is 35.4 Å². The molecule has 1 N–H and O–H groups in total. The van der Waals surface area contributed by atoms with Crippen LogP contribution in [0.1, 0.15) is 24.5 Å². The largest absolute Gasteiger partial charge is 0.382 e. The Morgan fingerprint density at radius 2 is 1.83 bits per heavy atom. The van der Waals surface area contributed by atoms with Gasteiger partial charge in [-0.25, -0.2) is 0 Å². The second-order valence-corrected chi connectivity index (χ2v) is 6.66. The maximum Gasteiger partial charge on any atom is 0.244 e. The fourth-order valence-corrected chi connectivity index (χ4v) is 2.99. The minimum atomic E-state index is -0.115. The van der Waals surface area contributed by atoms with Crippen molar-refractivity contribution in [1.82, 2.24) is 15.1 Å². The molecule has 0 aliphatic heterocycles. The molecule has 0 spiro atoms. The molecule has 0 aliphatic rings. The number of aromatic nitrogens is 2. The van der Waals surface area contributed by atoms with Crippen LogP contribution in [0.5, 0.6) is 0 Å². The Labute approximate surface area is 172 Å². The molecule has 5 heteroatoms. The molecular formula is C24H27N3O2. The third kappa shape index (κ3) is 6.43. The van der Waals surface area contributed by atoms with Crippen molar-refractivity contribution in [2.45, 2.75) is 19.9 Å². The highest BCUT2D eigenvalue weighted by molar-refractivity contribution is 5.92. The zero-order chi connectivity index (χ0) is 20.3. The van der Waals surface area contributed by atoms with Crippen molar-refractivity contribution in [2.24, 2.45) is 0 Å². The lowest BCUT2D eigenvalue weighted by molar-refractivity contribution is -0.116. The Balaban J connectivity index is 1.73. The number of benzene rings is 2. The van der Waals surface area contributed by atoms with Gasteiger partial charge in [-0.05, 0) is 25.0 Å². The Kier molecular flexibility index (Phi) is 7.78. The van der Waals surface area contributed by atoms with Crippen LogP contribution in [0.25, 0.3) is 17.3 Å². The first-order valence-corrected chi connectivity index (χ1v) is 9.96. The molecule has 0 bridgehead atoms. The molecule has 0 saturated heterocycles. The van der Waals surface area contributed by atoms with Crippen LogP contribution >= 0.6 is 0 Å². The number of nitrogens with one attached hydrogen (secondary N) is 1. The van der Waals surface area contributed by atoms with Crippen LogP contribution in [-0.2, 0) is 16.1 Å². The van der Waals surface area contributed by atoms with Crippen LogP contribution in [0, 0.1) is 0 Å². The monoisotopic (exact) mass is 389 g/mol. The highest BCUT2D eigenvalue weighted by Crippen LogP contribution is 2.23. The van der Waals surface area contributed by atoms with E-state index in [-0.39, 0.29) is 5.91 Å². The van der Waals surface area contributed by atoms with Crippen molar-refractivity contribution in [1.29, 1.82) is 0 Å². The molecule has 5 nitrogen and oxygen atoms in total. The lowest BCUT2D eigenvalue weighted by Crippen LogP contribution is -2.23. The average Bonchev–Trinajstić information content (AvgIpc) is 3.16. The van der Waals surface area contributed by atoms with Gasteiger partial charge in [0.2, 0.25) is 5.91 Å². The molecule has 0 radical (unpaired) electrons. The summed E-state index contributed by atoms with van der Waals surface area (Å²) in [6.07, 6.45) is 6.18. The molecule has 3 aromatic rings. The molecule has 1 heterocycles. The van der Waals surface area contributed by atoms with E-state index < -0.39 is 0 Å². The molecule has 0 fully saturated rings. The second-order valence-electron chi connectivity index (χ2n) is 6.66. The van der Waals surface area contributed by atoms with E-state index in [2.05, 4.69) is 17.4 Å². The third-order valence-corrected chi connectivity index (χ3v) is 4.41. The molecule has 29 heavy (non-hydrogen) atoms. The molecule has 0 aliphatic carbocycles. The SMILES string of the molecule is CCOCCCNC(=O)/C=C/c1cn(Cc2ccccc2)nc1-c1ccccc1. The maximum atomic E-state index is 12.1. The topological polar surface area (TPSA) is 56.1 Å². The van der Waals surface area contributed by atoms with Gasteiger partial charge in [0.15, 0.2) is 0 Å². The zero-order valence-corrected chi connectivity index (χ0v) is 16.8. The number of carbonyl (C=O) groups excluding carboxylic acids is 1. The molecule has 3 rings (SSSR count). The van der Waals surface area contributed by atoms with Crippen LogP contribution in [0.15, 0.2) is 72.9 Å². The van der Waals surface area contributed by atoms with Gasteiger partial charge in [-0.3, -0.25) is 9.48 Å². The summed E-state index contributed by atoms with van der Waals surface area (Å²) in [6, 6.07) is 20.2. The van der Waals surface area contributed by atoms with Gasteiger partial charge < -0.3 is 10.1 Å². The summed E-state index contributed by atoms with van der Waals surface area (Å²) in [5.41, 5.74) is 3.98. The molecule has 0 atom stereocenters. The summed E-state index contributed by atoms with van der Waals surface area (Å²) in [4.78, 5) is 12.1. The summed E-state index contributed by atoms with van der Waals surface area (Å²) in [5, 5.41) is 7.65. The number of amides is 1. The number of rotatable bonds is 10. The van der Waals surface area contributed by atoms with Gasteiger partial charge in [-0.1, -0.05) is 60.7 Å². The van der Waals surface area contributed by atoms with E-state index in [1.807, 2.05) is 72.4 Å². The predicted molar refractivity (Wildman–Crippen MR) is 116 cm³/mol. The molecule has 0 unspecified atom stereocenters. The van der Waals surface area contributed by atoms with Gasteiger partial charge >= 0.3 is 0 Å². The summed E-state index contributed by atoms with van der Waals surface area (Å²) < 4.78 is 7.19. The fourth-order valence-electron chi connectivity index (χ4n) is 2.99. The van der Waals surface area contributed by atoms with Gasteiger partial charge in [0.05, 0.1) is 12.2 Å². The number of carbonyl (C=O) groups is 1. The molecule has 150 valence electrons. The maximum absolute atomic E-state index is 12.1. The molecule has 2 aromatic carbocycles. The van der Waals surface area contributed by atoms with Crippen molar-refractivity contribution in [3.63, 3.8) is 0 Å². The highest BCUT2D eigenvalue weighted by atomic mass is 16.5. The third-order valence-electron chi connectivity index (χ3n) is 4.41. The number of hydrogen-bond donors (Lipinski definition) is 1. The molecule has 1 aromatic heterocycles. The molecular weight excluding hydrogens is 362 g/mol. The second kappa shape index (κ2) is 11.0. The predicted octanol–water partition coefficient (Wildman–Crippen LogP) is 4.15. The van der Waals surface area contributed by atoms with Gasteiger partial charge in [-0.2, -0.15) is 5.10 Å². The molecule has 0 saturated carbocycles. The summed E-state index contributed by atoms with van der Waals surface area (Å²) in [6.45, 7) is 4.59. The van der Waals surface area contributed by atoms with Crippen molar-refractivity contribution in [3.8, 4) is 11.3 Å². The summed E-state index contributed by atoms with van der Waals surface area (Å²) in [7, 11) is 0. The quantitative estimate of drug-likeness (QED) is 0.419. The lowest BCUT2D eigenvalue weighted by Gasteiger charge is -2.02. The minimum absolute atomic E-state index is 0.115. The van der Waals surface area contributed by atoms with Gasteiger partial charge in [0, 0.05) is 43.2 Å². The first kappa shape index (κ1) is 20.6. The van der Waals surface area contributed by atoms with Crippen LogP contribution in [0.4, 0.5) is 0 Å². The van der Waals surface area contributed by atoms with E-state index >= 15 is 0 Å². The summed E-state index contributed by atoms with van der Waals surface area (Å²) in [5.74, 6) is -0.115. The van der Waals surface area contributed by atoms with Gasteiger partial charge in [-0.15, -0.1) is 0 Å². The number of ether oxygens (including phenoxy) is 1. The normalized spacial score (nSPS) is 11.1. The van der Waals surface area contributed by atoms with E-state index in [1.54, 1.807) is 6.08 Å². The van der Waals surface area contributed by atoms with Gasteiger partial charge in [0.1, 0.15) is 0 Å². The minimum Gasteiger partial charge on any atom is -0.382 e. The van der Waals surface area contributed by atoms with Crippen molar-refractivity contribution < 1.29 is 9.53 Å². The fraction of sp³-hybridized carbons (Fsp3) is 0.250. The Bertz CT molecular complexity index is 918. The van der Waals surface area contributed by atoms with Gasteiger partial charge in [0.25, 0.3) is 0 Å². The van der Waals surface area contributed by atoms with E-state index in [4.69, 9.17) is 9.84 Å². The van der Waals surface area contributed by atoms with Crippen molar-refractivity contribution >= 4 is 12.0 Å². The average molecular weight is 389 g/mol. The van der Waals surface area contributed by atoms with E-state index in [0.29, 0.717) is 26.3 Å². The number of nitrogens with zero attached hydrogens (tertiary/aromatic N) is 2. The van der Waals surface area contributed by atoms with Crippen LogP contribution < -0.4 is 5.32 Å². The Morgan fingerprint density at radius 1 is 1.10 bits per heavy atom. The zero-order valence-electron chi connectivity index (χ0n) is 16.8. The van der Waals surface area contributed by atoms with Crippen molar-refractivity contribution in [3.05, 3.63) is 84.1 Å². The smallest absolute Gasteiger partial charge is 0.244 e. The summed E-state index contributed by atoms with van der Waals surface area (Å²) >= 11 is 0. The first-order chi connectivity index (χ1) is 14.3.